The molecule has 0 unspecified atom stereocenters. The Bertz CT molecular complexity index is 456. The lowest BCUT2D eigenvalue weighted by Crippen LogP contribution is -2.16. The largest absolute Gasteiger partial charge is 0.493 e. The third-order valence-electron chi connectivity index (χ3n) is 3.02. The van der Waals surface area contributed by atoms with Gasteiger partial charge in [-0.3, -0.25) is 10.1 Å². The van der Waals surface area contributed by atoms with Crippen molar-refractivity contribution in [3.63, 3.8) is 0 Å². The molecule has 0 aliphatic heterocycles. The van der Waals surface area contributed by atoms with Crippen molar-refractivity contribution in [2.45, 2.75) is 38.6 Å². The van der Waals surface area contributed by atoms with Crippen molar-refractivity contribution in [1.82, 2.24) is 0 Å². The van der Waals surface area contributed by atoms with Gasteiger partial charge in [0.25, 0.3) is 5.69 Å². The van der Waals surface area contributed by atoms with Crippen LogP contribution in [0.3, 0.4) is 0 Å². The number of nitro groups is 1. The molecule has 0 bridgehead atoms. The smallest absolute Gasteiger partial charge is 0.275 e. The molecule has 0 heterocycles. The molecule has 1 aromatic carbocycles. The van der Waals surface area contributed by atoms with E-state index in [1.807, 2.05) is 13.0 Å². The first-order chi connectivity index (χ1) is 8.52. The highest BCUT2D eigenvalue weighted by Gasteiger charge is 2.37. The molecule has 1 saturated carbocycles. The van der Waals surface area contributed by atoms with E-state index in [-0.39, 0.29) is 16.1 Å². The lowest BCUT2D eigenvalue weighted by molar-refractivity contribution is -0.384. The standard InChI is InChI=1S/C13H18N2O3/c1-3-6-18-12-8-10(14-13(2)4-5-13)7-11(9-12)15(16)17/h7-9,14H,3-6H2,1-2H3. The number of benzene rings is 1. The second-order valence-corrected chi connectivity index (χ2v) is 5.01. The van der Waals surface area contributed by atoms with Gasteiger partial charge in [-0.2, -0.15) is 0 Å². The van der Waals surface area contributed by atoms with Gasteiger partial charge in [-0.1, -0.05) is 6.92 Å². The molecule has 1 aromatic rings. The maximum absolute atomic E-state index is 10.9. The van der Waals surface area contributed by atoms with Crippen LogP contribution in [-0.2, 0) is 0 Å². The van der Waals surface area contributed by atoms with E-state index in [1.165, 1.54) is 6.07 Å². The Morgan fingerprint density at radius 3 is 2.72 bits per heavy atom. The minimum absolute atomic E-state index is 0.0651. The summed E-state index contributed by atoms with van der Waals surface area (Å²) in [5, 5.41) is 14.2. The Kier molecular flexibility index (Phi) is 3.41. The van der Waals surface area contributed by atoms with Crippen LogP contribution in [0, 0.1) is 10.1 Å². The summed E-state index contributed by atoms with van der Waals surface area (Å²) in [4.78, 5) is 10.5. The van der Waals surface area contributed by atoms with Crippen LogP contribution in [-0.4, -0.2) is 17.1 Å². The first-order valence-electron chi connectivity index (χ1n) is 6.23. The van der Waals surface area contributed by atoms with Crippen LogP contribution in [0.5, 0.6) is 5.75 Å². The first kappa shape index (κ1) is 12.7. The predicted octanol–water partition coefficient (Wildman–Crippen LogP) is 3.35. The van der Waals surface area contributed by atoms with Gasteiger partial charge >= 0.3 is 0 Å². The maximum Gasteiger partial charge on any atom is 0.275 e. The van der Waals surface area contributed by atoms with E-state index in [0.29, 0.717) is 12.4 Å². The third kappa shape index (κ3) is 3.12. The summed E-state index contributed by atoms with van der Waals surface area (Å²) in [5.41, 5.74) is 0.919. The number of ether oxygens (including phenoxy) is 1. The second kappa shape index (κ2) is 4.84. The molecule has 0 atom stereocenters. The van der Waals surface area contributed by atoms with Crippen molar-refractivity contribution >= 4 is 11.4 Å². The number of nitro benzene ring substituents is 1. The molecule has 1 N–H and O–H groups in total. The van der Waals surface area contributed by atoms with Crippen LogP contribution >= 0.6 is 0 Å². The van der Waals surface area contributed by atoms with E-state index in [2.05, 4.69) is 12.2 Å². The minimum Gasteiger partial charge on any atom is -0.493 e. The number of rotatable bonds is 6. The average molecular weight is 250 g/mol. The molecule has 0 saturated heterocycles. The van der Waals surface area contributed by atoms with Crippen molar-refractivity contribution < 1.29 is 9.66 Å². The van der Waals surface area contributed by atoms with E-state index in [1.54, 1.807) is 6.07 Å². The molecule has 2 rings (SSSR count). The molecule has 0 amide bonds. The summed E-state index contributed by atoms with van der Waals surface area (Å²) in [6, 6.07) is 4.85. The lowest BCUT2D eigenvalue weighted by Gasteiger charge is -2.14. The summed E-state index contributed by atoms with van der Waals surface area (Å²) in [6.45, 7) is 4.68. The number of anilines is 1. The maximum atomic E-state index is 10.9. The summed E-state index contributed by atoms with van der Waals surface area (Å²) in [5.74, 6) is 0.554. The molecule has 1 fully saturated rings. The van der Waals surface area contributed by atoms with E-state index < -0.39 is 0 Å². The number of non-ortho nitro benzene ring substituents is 1. The molecule has 5 nitrogen and oxygen atoms in total. The minimum atomic E-state index is -0.390. The van der Waals surface area contributed by atoms with Gasteiger partial charge in [0.05, 0.1) is 17.6 Å². The molecule has 18 heavy (non-hydrogen) atoms. The van der Waals surface area contributed by atoms with Crippen molar-refractivity contribution in [1.29, 1.82) is 0 Å². The summed E-state index contributed by atoms with van der Waals surface area (Å²) >= 11 is 0. The van der Waals surface area contributed by atoms with Gasteiger partial charge in [0.1, 0.15) is 5.75 Å². The Morgan fingerprint density at radius 1 is 1.44 bits per heavy atom. The fraction of sp³-hybridized carbons (Fsp3) is 0.538. The molecule has 1 aliphatic rings. The highest BCUT2D eigenvalue weighted by Crippen LogP contribution is 2.39. The van der Waals surface area contributed by atoms with Crippen molar-refractivity contribution in [2.75, 3.05) is 11.9 Å². The fourth-order valence-corrected chi connectivity index (χ4v) is 1.73. The molecule has 0 spiro atoms. The Balaban J connectivity index is 2.21. The SMILES string of the molecule is CCCOc1cc(NC2(C)CC2)cc([N+](=O)[O-])c1. The van der Waals surface area contributed by atoms with Crippen molar-refractivity contribution in [3.8, 4) is 5.75 Å². The van der Waals surface area contributed by atoms with E-state index in [0.717, 1.165) is 24.9 Å². The lowest BCUT2D eigenvalue weighted by atomic mass is 10.2. The molecule has 0 radical (unpaired) electrons. The van der Waals surface area contributed by atoms with Gasteiger partial charge < -0.3 is 10.1 Å². The molecular weight excluding hydrogens is 232 g/mol. The quantitative estimate of drug-likeness (QED) is 0.621. The van der Waals surface area contributed by atoms with E-state index in [4.69, 9.17) is 4.74 Å². The van der Waals surface area contributed by atoms with Crippen molar-refractivity contribution in [2.24, 2.45) is 0 Å². The second-order valence-electron chi connectivity index (χ2n) is 5.01. The van der Waals surface area contributed by atoms with Gasteiger partial charge in [0.15, 0.2) is 0 Å². The Labute approximate surface area is 106 Å². The number of hydrogen-bond acceptors (Lipinski definition) is 4. The first-order valence-corrected chi connectivity index (χ1v) is 6.23. The van der Waals surface area contributed by atoms with Crippen LogP contribution in [0.15, 0.2) is 18.2 Å². The summed E-state index contributed by atoms with van der Waals surface area (Å²) < 4.78 is 5.48. The number of nitrogens with one attached hydrogen (secondary N) is 1. The highest BCUT2D eigenvalue weighted by atomic mass is 16.6. The molecule has 1 aliphatic carbocycles. The number of hydrogen-bond donors (Lipinski definition) is 1. The average Bonchev–Trinajstić information content (AvgIpc) is 3.03. The topological polar surface area (TPSA) is 64.4 Å². The zero-order valence-electron chi connectivity index (χ0n) is 10.7. The predicted molar refractivity (Wildman–Crippen MR) is 70.1 cm³/mol. The van der Waals surface area contributed by atoms with Crippen LogP contribution in [0.25, 0.3) is 0 Å². The van der Waals surface area contributed by atoms with Crippen LogP contribution in [0.2, 0.25) is 0 Å². The van der Waals surface area contributed by atoms with Crippen molar-refractivity contribution in [3.05, 3.63) is 28.3 Å². The molecule has 0 aromatic heterocycles. The molecular formula is C13H18N2O3. The van der Waals surface area contributed by atoms with Crippen LogP contribution < -0.4 is 10.1 Å². The van der Waals surface area contributed by atoms with Gasteiger partial charge in [0.2, 0.25) is 0 Å². The van der Waals surface area contributed by atoms with Crippen LogP contribution in [0.1, 0.15) is 33.1 Å². The van der Waals surface area contributed by atoms with E-state index >= 15 is 0 Å². The fourth-order valence-electron chi connectivity index (χ4n) is 1.73. The number of nitrogens with zero attached hydrogens (tertiary/aromatic N) is 1. The summed E-state index contributed by atoms with van der Waals surface area (Å²) in [6.07, 6.45) is 3.07. The monoisotopic (exact) mass is 250 g/mol. The van der Waals surface area contributed by atoms with Gasteiger partial charge in [-0.25, -0.2) is 0 Å². The van der Waals surface area contributed by atoms with Crippen LogP contribution in [0.4, 0.5) is 11.4 Å². The molecule has 5 heteroatoms. The van der Waals surface area contributed by atoms with Gasteiger partial charge in [-0.05, 0) is 26.2 Å². The zero-order valence-corrected chi connectivity index (χ0v) is 10.7. The normalized spacial score (nSPS) is 16.1. The zero-order chi connectivity index (χ0) is 13.2. The Hall–Kier alpha value is -1.78. The highest BCUT2D eigenvalue weighted by molar-refractivity contribution is 5.58. The van der Waals surface area contributed by atoms with Gasteiger partial charge in [0, 0.05) is 23.4 Å². The van der Waals surface area contributed by atoms with Gasteiger partial charge in [-0.15, -0.1) is 0 Å². The summed E-state index contributed by atoms with van der Waals surface area (Å²) in [7, 11) is 0. The third-order valence-corrected chi connectivity index (χ3v) is 3.02. The van der Waals surface area contributed by atoms with E-state index in [9.17, 15) is 10.1 Å². The molecule has 98 valence electrons. The Morgan fingerprint density at radius 2 is 2.17 bits per heavy atom.